The summed E-state index contributed by atoms with van der Waals surface area (Å²) < 4.78 is 5.16. The zero-order chi connectivity index (χ0) is 13.9. The smallest absolute Gasteiger partial charge is 0.306 e. The number of ether oxygens (including phenoxy) is 1. The van der Waals surface area contributed by atoms with Crippen LogP contribution in [0, 0.1) is 0 Å². The normalized spacial score (nSPS) is 23.3. The minimum absolute atomic E-state index is 0.00559. The molecule has 5 nitrogen and oxygen atoms in total. The molecule has 0 N–H and O–H groups in total. The maximum absolute atomic E-state index is 11.9. The van der Waals surface area contributed by atoms with E-state index in [1.165, 1.54) is 0 Å². The molecule has 0 bridgehead atoms. The highest BCUT2D eigenvalue weighted by Gasteiger charge is 2.30. The second kappa shape index (κ2) is 5.50. The van der Waals surface area contributed by atoms with Crippen LogP contribution < -0.4 is 0 Å². The molecule has 2 atom stereocenters. The van der Waals surface area contributed by atoms with Gasteiger partial charge in [-0.15, -0.1) is 0 Å². The van der Waals surface area contributed by atoms with E-state index in [0.717, 1.165) is 0 Å². The van der Waals surface area contributed by atoms with Crippen molar-refractivity contribution in [3.63, 3.8) is 0 Å². The van der Waals surface area contributed by atoms with Crippen LogP contribution in [0.2, 0.25) is 0 Å². The van der Waals surface area contributed by atoms with Crippen LogP contribution in [0.25, 0.3) is 0 Å². The Morgan fingerprint density at radius 3 is 2.39 bits per heavy atom. The summed E-state index contributed by atoms with van der Waals surface area (Å²) in [6.07, 6.45) is 1.98. The largest absolute Gasteiger partial charge is 0.460 e. The van der Waals surface area contributed by atoms with Crippen molar-refractivity contribution in [2.24, 2.45) is 4.99 Å². The number of esters is 1. The Hall–Kier alpha value is -1.39. The minimum Gasteiger partial charge on any atom is -0.460 e. The highest BCUT2D eigenvalue weighted by atomic mass is 16.6. The SMILES string of the molecule is CC1C(C(=O)CCC(=O)OC(C)(C)C)N=CN1C. The number of aliphatic imine (C=N–C) groups is 1. The van der Waals surface area contributed by atoms with Gasteiger partial charge in [0.15, 0.2) is 5.78 Å². The van der Waals surface area contributed by atoms with E-state index in [4.69, 9.17) is 4.74 Å². The second-order valence-electron chi connectivity index (χ2n) is 5.67. The molecule has 0 fully saturated rings. The molecule has 0 spiro atoms. The summed E-state index contributed by atoms with van der Waals surface area (Å²) in [7, 11) is 1.88. The lowest BCUT2D eigenvalue weighted by Gasteiger charge is -2.20. The lowest BCUT2D eigenvalue weighted by molar-refractivity contribution is -0.155. The monoisotopic (exact) mass is 254 g/mol. The van der Waals surface area contributed by atoms with Crippen molar-refractivity contribution in [1.29, 1.82) is 0 Å². The van der Waals surface area contributed by atoms with Gasteiger partial charge in [0.25, 0.3) is 0 Å². The lowest BCUT2D eigenvalue weighted by Crippen LogP contribution is -2.35. The van der Waals surface area contributed by atoms with E-state index in [-0.39, 0.29) is 36.7 Å². The highest BCUT2D eigenvalue weighted by molar-refractivity contribution is 5.90. The second-order valence-corrected chi connectivity index (χ2v) is 5.67. The lowest BCUT2D eigenvalue weighted by atomic mass is 10.0. The molecule has 102 valence electrons. The molecule has 18 heavy (non-hydrogen) atoms. The number of carbonyl (C=O) groups is 2. The first kappa shape index (κ1) is 14.7. The average molecular weight is 254 g/mol. The number of Topliss-reactive ketones (excluding diaryl/α,β-unsaturated/α-hetero) is 1. The van der Waals surface area contributed by atoms with E-state index in [9.17, 15) is 9.59 Å². The Kier molecular flexibility index (Phi) is 4.48. The Morgan fingerprint density at radius 1 is 1.33 bits per heavy atom. The van der Waals surface area contributed by atoms with Crippen LogP contribution in [-0.2, 0) is 14.3 Å². The molecule has 0 aliphatic carbocycles. The number of carbonyl (C=O) groups excluding carboxylic acids is 2. The predicted octanol–water partition coefficient (Wildman–Crippen LogP) is 1.41. The first-order valence-corrected chi connectivity index (χ1v) is 6.20. The van der Waals surface area contributed by atoms with E-state index in [1.807, 2.05) is 39.6 Å². The molecule has 0 saturated carbocycles. The van der Waals surface area contributed by atoms with Gasteiger partial charge in [-0.25, -0.2) is 0 Å². The van der Waals surface area contributed by atoms with Crippen LogP contribution in [0.3, 0.4) is 0 Å². The van der Waals surface area contributed by atoms with Gasteiger partial charge in [-0.2, -0.15) is 0 Å². The molecule has 0 amide bonds. The number of rotatable bonds is 4. The van der Waals surface area contributed by atoms with Gasteiger partial charge in [0, 0.05) is 13.5 Å². The van der Waals surface area contributed by atoms with Crippen molar-refractivity contribution in [3.05, 3.63) is 0 Å². The van der Waals surface area contributed by atoms with E-state index < -0.39 is 5.60 Å². The predicted molar refractivity (Wildman–Crippen MR) is 69.6 cm³/mol. The summed E-state index contributed by atoms with van der Waals surface area (Å²) in [4.78, 5) is 29.5. The maximum atomic E-state index is 11.9. The van der Waals surface area contributed by atoms with Crippen molar-refractivity contribution in [3.8, 4) is 0 Å². The van der Waals surface area contributed by atoms with Crippen molar-refractivity contribution in [2.45, 2.75) is 58.2 Å². The standard InChI is InChI=1S/C13H22N2O3/c1-9-12(14-8-15(9)5)10(16)6-7-11(17)18-13(2,3)4/h8-9,12H,6-7H2,1-5H3. The first-order chi connectivity index (χ1) is 8.20. The highest BCUT2D eigenvalue weighted by Crippen LogP contribution is 2.15. The van der Waals surface area contributed by atoms with Crippen LogP contribution in [0.1, 0.15) is 40.5 Å². The van der Waals surface area contributed by atoms with Gasteiger partial charge in [0.05, 0.1) is 18.8 Å². The topological polar surface area (TPSA) is 59.0 Å². The van der Waals surface area contributed by atoms with Gasteiger partial charge in [-0.05, 0) is 27.7 Å². The molecular weight excluding hydrogens is 232 g/mol. The van der Waals surface area contributed by atoms with Crippen LogP contribution in [0.4, 0.5) is 0 Å². The molecule has 0 aromatic rings. The average Bonchev–Trinajstić information content (AvgIpc) is 2.54. The first-order valence-electron chi connectivity index (χ1n) is 6.20. The van der Waals surface area contributed by atoms with Crippen molar-refractivity contribution < 1.29 is 14.3 Å². The summed E-state index contributed by atoms with van der Waals surface area (Å²) in [5.74, 6) is -0.340. The Balaban J connectivity index is 2.38. The molecule has 1 heterocycles. The van der Waals surface area contributed by atoms with E-state index in [2.05, 4.69) is 4.99 Å². The summed E-state index contributed by atoms with van der Waals surface area (Å²) in [6, 6.07) is -0.284. The third-order valence-corrected chi connectivity index (χ3v) is 2.83. The van der Waals surface area contributed by atoms with E-state index >= 15 is 0 Å². The van der Waals surface area contributed by atoms with Crippen molar-refractivity contribution in [1.82, 2.24) is 4.90 Å². The van der Waals surface area contributed by atoms with E-state index in [0.29, 0.717) is 0 Å². The van der Waals surface area contributed by atoms with Crippen LogP contribution in [0.5, 0.6) is 0 Å². The fourth-order valence-corrected chi connectivity index (χ4v) is 1.75. The Morgan fingerprint density at radius 2 is 1.94 bits per heavy atom. The van der Waals surface area contributed by atoms with Crippen LogP contribution >= 0.6 is 0 Å². The fourth-order valence-electron chi connectivity index (χ4n) is 1.75. The van der Waals surface area contributed by atoms with Gasteiger partial charge in [0.1, 0.15) is 11.6 Å². The third kappa shape index (κ3) is 4.13. The quantitative estimate of drug-likeness (QED) is 0.712. The molecule has 1 aliphatic heterocycles. The number of hydrogen-bond acceptors (Lipinski definition) is 5. The molecule has 0 saturated heterocycles. The Labute approximate surface area is 108 Å². The Bertz CT molecular complexity index is 358. The molecule has 0 radical (unpaired) electrons. The summed E-state index contributed by atoms with van der Waals surface area (Å²) >= 11 is 0. The summed E-state index contributed by atoms with van der Waals surface area (Å²) in [6.45, 7) is 7.38. The molecular formula is C13H22N2O3. The van der Waals surface area contributed by atoms with Gasteiger partial charge >= 0.3 is 5.97 Å². The molecule has 5 heteroatoms. The number of likely N-dealkylation sites (N-methyl/N-ethyl adjacent to an activating group) is 1. The van der Waals surface area contributed by atoms with Gasteiger partial charge in [0.2, 0.25) is 0 Å². The van der Waals surface area contributed by atoms with Gasteiger partial charge in [-0.3, -0.25) is 14.6 Å². The zero-order valence-corrected chi connectivity index (χ0v) is 11.8. The zero-order valence-electron chi connectivity index (χ0n) is 11.8. The van der Waals surface area contributed by atoms with Crippen molar-refractivity contribution in [2.75, 3.05) is 7.05 Å². The van der Waals surface area contributed by atoms with Crippen LogP contribution in [0.15, 0.2) is 4.99 Å². The van der Waals surface area contributed by atoms with Gasteiger partial charge < -0.3 is 9.64 Å². The molecule has 2 unspecified atom stereocenters. The number of nitrogens with zero attached hydrogens (tertiary/aromatic N) is 2. The molecule has 1 rings (SSSR count). The molecule has 1 aliphatic rings. The number of ketones is 1. The van der Waals surface area contributed by atoms with Crippen LogP contribution in [-0.4, -0.2) is 47.7 Å². The van der Waals surface area contributed by atoms with Crippen molar-refractivity contribution >= 4 is 18.1 Å². The molecule has 0 aromatic carbocycles. The fraction of sp³-hybridized carbons (Fsp3) is 0.769. The number of hydrogen-bond donors (Lipinski definition) is 0. The maximum Gasteiger partial charge on any atom is 0.306 e. The minimum atomic E-state index is -0.501. The summed E-state index contributed by atoms with van der Waals surface area (Å²) in [5, 5.41) is 0. The third-order valence-electron chi connectivity index (χ3n) is 2.83. The van der Waals surface area contributed by atoms with Gasteiger partial charge in [-0.1, -0.05) is 0 Å². The van der Waals surface area contributed by atoms with E-state index in [1.54, 1.807) is 6.34 Å². The molecule has 0 aromatic heterocycles. The summed E-state index contributed by atoms with van der Waals surface area (Å²) in [5.41, 5.74) is -0.501.